The topological polar surface area (TPSA) is 58.7 Å². The summed E-state index contributed by atoms with van der Waals surface area (Å²) in [6.07, 6.45) is 0.906. The summed E-state index contributed by atoms with van der Waals surface area (Å²) < 4.78 is 5.71. The molecule has 19 heavy (non-hydrogen) atoms. The molecule has 3 N–H and O–H groups in total. The van der Waals surface area contributed by atoms with Crippen LogP contribution in [0.5, 0.6) is 5.75 Å². The Balaban J connectivity index is 2.14. The van der Waals surface area contributed by atoms with E-state index in [9.17, 15) is 5.11 Å². The zero-order chi connectivity index (χ0) is 14.0. The Morgan fingerprint density at radius 2 is 2.05 bits per heavy atom. The second-order valence-electron chi connectivity index (χ2n) is 5.66. The van der Waals surface area contributed by atoms with Crippen molar-refractivity contribution in [1.82, 2.24) is 0 Å². The number of nitrogens with zero attached hydrogens (tertiary/aromatic N) is 1. The van der Waals surface area contributed by atoms with Crippen molar-refractivity contribution in [2.75, 3.05) is 23.7 Å². The van der Waals surface area contributed by atoms with Gasteiger partial charge in [-0.25, -0.2) is 0 Å². The highest BCUT2D eigenvalue weighted by Gasteiger charge is 2.26. The van der Waals surface area contributed by atoms with Gasteiger partial charge in [-0.2, -0.15) is 0 Å². The molecule has 0 aliphatic carbocycles. The van der Waals surface area contributed by atoms with Crippen molar-refractivity contribution < 1.29 is 9.84 Å². The molecule has 1 aliphatic heterocycles. The number of nitrogen functional groups attached to an aromatic ring is 1. The van der Waals surface area contributed by atoms with E-state index >= 15 is 0 Å². The number of nitrogens with two attached hydrogens (primary N) is 1. The van der Waals surface area contributed by atoms with Gasteiger partial charge in [0.05, 0.1) is 12.2 Å². The largest absolute Gasteiger partial charge is 0.491 e. The zero-order valence-electron chi connectivity index (χ0n) is 12.0. The van der Waals surface area contributed by atoms with Crippen molar-refractivity contribution in [3.05, 3.63) is 18.2 Å². The van der Waals surface area contributed by atoms with Gasteiger partial charge in [0.2, 0.25) is 0 Å². The van der Waals surface area contributed by atoms with Gasteiger partial charge in [0.15, 0.2) is 0 Å². The lowest BCUT2D eigenvalue weighted by Gasteiger charge is -2.21. The molecule has 1 saturated heterocycles. The van der Waals surface area contributed by atoms with E-state index in [1.54, 1.807) is 0 Å². The first-order valence-electron chi connectivity index (χ1n) is 6.96. The second-order valence-corrected chi connectivity index (χ2v) is 5.66. The van der Waals surface area contributed by atoms with Crippen molar-refractivity contribution in [3.8, 4) is 5.75 Å². The van der Waals surface area contributed by atoms with Gasteiger partial charge in [-0.3, -0.25) is 0 Å². The Bertz CT molecular complexity index is 432. The van der Waals surface area contributed by atoms with Gasteiger partial charge >= 0.3 is 0 Å². The molecule has 1 aromatic rings. The van der Waals surface area contributed by atoms with E-state index in [-0.39, 0.29) is 12.2 Å². The van der Waals surface area contributed by atoms with E-state index in [0.717, 1.165) is 30.9 Å². The fraction of sp³-hybridized carbons (Fsp3) is 0.600. The summed E-state index contributed by atoms with van der Waals surface area (Å²) in [5, 5.41) is 9.67. The molecule has 2 rings (SSSR count). The predicted molar refractivity (Wildman–Crippen MR) is 78.6 cm³/mol. The SMILES string of the molecule is CC(C)Oc1cc(N)cc(N2CCC(C(C)O)C2)c1. The summed E-state index contributed by atoms with van der Waals surface area (Å²) >= 11 is 0. The van der Waals surface area contributed by atoms with Crippen molar-refractivity contribution in [1.29, 1.82) is 0 Å². The Kier molecular flexibility index (Phi) is 4.20. The molecule has 1 fully saturated rings. The first kappa shape index (κ1) is 14.0. The molecule has 0 radical (unpaired) electrons. The maximum Gasteiger partial charge on any atom is 0.123 e. The summed E-state index contributed by atoms with van der Waals surface area (Å²) in [6.45, 7) is 7.70. The molecule has 1 heterocycles. The number of aliphatic hydroxyl groups excluding tert-OH is 1. The minimum atomic E-state index is -0.252. The van der Waals surface area contributed by atoms with Gasteiger partial charge in [-0.1, -0.05) is 0 Å². The van der Waals surface area contributed by atoms with Gasteiger partial charge in [0.1, 0.15) is 5.75 Å². The molecule has 0 spiro atoms. The first-order chi connectivity index (χ1) is 8.95. The van der Waals surface area contributed by atoms with E-state index < -0.39 is 0 Å². The summed E-state index contributed by atoms with van der Waals surface area (Å²) in [5.41, 5.74) is 7.74. The quantitative estimate of drug-likeness (QED) is 0.819. The first-order valence-corrected chi connectivity index (χ1v) is 6.96. The van der Waals surface area contributed by atoms with Crippen LogP contribution in [0.3, 0.4) is 0 Å². The molecule has 0 aromatic heterocycles. The Morgan fingerprint density at radius 3 is 2.63 bits per heavy atom. The number of anilines is 2. The van der Waals surface area contributed by atoms with Crippen molar-refractivity contribution in [2.45, 2.75) is 39.4 Å². The lowest BCUT2D eigenvalue weighted by atomic mass is 10.0. The minimum absolute atomic E-state index is 0.137. The predicted octanol–water partition coefficient (Wildman–Crippen LogP) is 2.26. The van der Waals surface area contributed by atoms with Gasteiger partial charge in [-0.15, -0.1) is 0 Å². The molecular weight excluding hydrogens is 240 g/mol. The lowest BCUT2D eigenvalue weighted by molar-refractivity contribution is 0.136. The van der Waals surface area contributed by atoms with E-state index in [0.29, 0.717) is 11.6 Å². The highest BCUT2D eigenvalue weighted by atomic mass is 16.5. The molecule has 0 amide bonds. The third-order valence-electron chi connectivity index (χ3n) is 3.56. The number of rotatable bonds is 4. The van der Waals surface area contributed by atoms with Gasteiger partial charge in [0, 0.05) is 42.5 Å². The molecule has 0 bridgehead atoms. The summed E-state index contributed by atoms with van der Waals surface area (Å²) in [5.74, 6) is 1.15. The molecule has 2 atom stereocenters. The highest BCUT2D eigenvalue weighted by Crippen LogP contribution is 2.31. The van der Waals surface area contributed by atoms with Gasteiger partial charge in [-0.05, 0) is 33.3 Å². The molecule has 106 valence electrons. The molecule has 1 aromatic carbocycles. The van der Waals surface area contributed by atoms with Crippen LogP contribution in [-0.4, -0.2) is 30.4 Å². The molecule has 0 saturated carbocycles. The van der Waals surface area contributed by atoms with E-state index in [1.165, 1.54) is 0 Å². The molecule has 4 heteroatoms. The maximum absolute atomic E-state index is 9.67. The molecule has 1 aliphatic rings. The monoisotopic (exact) mass is 264 g/mol. The van der Waals surface area contributed by atoms with Crippen LogP contribution < -0.4 is 15.4 Å². The third-order valence-corrected chi connectivity index (χ3v) is 3.56. The smallest absolute Gasteiger partial charge is 0.123 e. The zero-order valence-corrected chi connectivity index (χ0v) is 12.0. The van der Waals surface area contributed by atoms with Gasteiger partial charge < -0.3 is 20.5 Å². The summed E-state index contributed by atoms with van der Waals surface area (Å²) in [7, 11) is 0. The Hall–Kier alpha value is -1.42. The number of hydrogen-bond acceptors (Lipinski definition) is 4. The van der Waals surface area contributed by atoms with Crippen LogP contribution in [0.4, 0.5) is 11.4 Å². The average molecular weight is 264 g/mol. The number of hydrogen-bond donors (Lipinski definition) is 2. The minimum Gasteiger partial charge on any atom is -0.491 e. The van der Waals surface area contributed by atoms with Crippen LogP contribution in [0.25, 0.3) is 0 Å². The number of ether oxygens (including phenoxy) is 1. The third kappa shape index (κ3) is 3.53. The lowest BCUT2D eigenvalue weighted by Crippen LogP contribution is -2.24. The molecule has 4 nitrogen and oxygen atoms in total. The van der Waals surface area contributed by atoms with Gasteiger partial charge in [0.25, 0.3) is 0 Å². The molecular formula is C15H24N2O2. The highest BCUT2D eigenvalue weighted by molar-refractivity contribution is 5.61. The van der Waals surface area contributed by atoms with E-state index in [2.05, 4.69) is 4.90 Å². The standard InChI is InChI=1S/C15H24N2O2/c1-10(2)19-15-7-13(16)6-14(8-15)17-5-4-12(9-17)11(3)18/h6-8,10-12,18H,4-5,9,16H2,1-3H3. The second kappa shape index (κ2) is 5.70. The number of aliphatic hydroxyl groups is 1. The van der Waals surface area contributed by atoms with Crippen molar-refractivity contribution in [3.63, 3.8) is 0 Å². The average Bonchev–Trinajstić information content (AvgIpc) is 2.76. The Morgan fingerprint density at radius 1 is 1.32 bits per heavy atom. The number of benzene rings is 1. The van der Waals surface area contributed by atoms with E-state index in [4.69, 9.17) is 10.5 Å². The van der Waals surface area contributed by atoms with Crippen LogP contribution in [0.1, 0.15) is 27.2 Å². The normalized spacial score (nSPS) is 20.9. The summed E-state index contributed by atoms with van der Waals surface area (Å²) in [6, 6.07) is 5.85. The maximum atomic E-state index is 9.67. The van der Waals surface area contributed by atoms with Crippen molar-refractivity contribution in [2.24, 2.45) is 5.92 Å². The van der Waals surface area contributed by atoms with Crippen LogP contribution in [-0.2, 0) is 0 Å². The molecule has 2 unspecified atom stereocenters. The van der Waals surface area contributed by atoms with Crippen LogP contribution in [0, 0.1) is 5.92 Å². The summed E-state index contributed by atoms with van der Waals surface area (Å²) in [4.78, 5) is 2.26. The fourth-order valence-electron chi connectivity index (χ4n) is 2.54. The van der Waals surface area contributed by atoms with Crippen LogP contribution in [0.15, 0.2) is 18.2 Å². The van der Waals surface area contributed by atoms with E-state index in [1.807, 2.05) is 39.0 Å². The fourth-order valence-corrected chi connectivity index (χ4v) is 2.54. The van der Waals surface area contributed by atoms with Crippen LogP contribution in [0.2, 0.25) is 0 Å². The van der Waals surface area contributed by atoms with Crippen LogP contribution >= 0.6 is 0 Å². The Labute approximate surface area is 115 Å². The van der Waals surface area contributed by atoms with Crippen molar-refractivity contribution >= 4 is 11.4 Å².